The molecule has 0 aliphatic carbocycles. The van der Waals surface area contributed by atoms with Crippen LogP contribution < -0.4 is 16.2 Å². The van der Waals surface area contributed by atoms with Crippen LogP contribution in [0.25, 0.3) is 10.8 Å². The van der Waals surface area contributed by atoms with Crippen LogP contribution in [0.4, 0.5) is 5.82 Å². The molecule has 0 unspecified atom stereocenters. The number of ether oxygens (including phenoxy) is 1. The highest BCUT2D eigenvalue weighted by Gasteiger charge is 2.05. The fourth-order valence-corrected chi connectivity index (χ4v) is 2.65. The number of carbonyl (C=O) groups is 1. The Hall–Kier alpha value is -3.13. The molecule has 0 saturated carbocycles. The standard InChI is InChI=1S/C19H22N4O4/c1-13(24)26-12-15-8-7-14(27-15)11-20-9-4-10-21-18-16-5-2-3-6-17(16)19(25)23-22-18/h2-3,5-8,20H,4,9-12H2,1H3,(H,21,22)(H,23,25). The molecule has 0 saturated heterocycles. The van der Waals surface area contributed by atoms with Crippen molar-refractivity contribution < 1.29 is 13.9 Å². The van der Waals surface area contributed by atoms with Crippen molar-refractivity contribution in [1.29, 1.82) is 0 Å². The molecular formula is C19H22N4O4. The molecule has 3 rings (SSSR count). The van der Waals surface area contributed by atoms with Gasteiger partial charge in [-0.05, 0) is 31.2 Å². The zero-order valence-electron chi connectivity index (χ0n) is 15.1. The van der Waals surface area contributed by atoms with Gasteiger partial charge in [-0.15, -0.1) is 0 Å². The minimum atomic E-state index is -0.330. The third-order valence-corrected chi connectivity index (χ3v) is 3.95. The molecule has 8 nitrogen and oxygen atoms in total. The lowest BCUT2D eigenvalue weighted by Crippen LogP contribution is -2.18. The van der Waals surface area contributed by atoms with Crippen molar-refractivity contribution in [3.63, 3.8) is 0 Å². The smallest absolute Gasteiger partial charge is 0.303 e. The maximum absolute atomic E-state index is 11.8. The van der Waals surface area contributed by atoms with E-state index in [0.717, 1.165) is 24.1 Å². The van der Waals surface area contributed by atoms with Crippen LogP contribution in [0.1, 0.15) is 24.9 Å². The van der Waals surface area contributed by atoms with Gasteiger partial charge in [0.1, 0.15) is 18.1 Å². The van der Waals surface area contributed by atoms with Crippen LogP contribution in [0.3, 0.4) is 0 Å². The molecule has 0 radical (unpaired) electrons. The van der Waals surface area contributed by atoms with Crippen molar-refractivity contribution >= 4 is 22.6 Å². The minimum absolute atomic E-state index is 0.152. The summed E-state index contributed by atoms with van der Waals surface area (Å²) in [5.41, 5.74) is -0.190. The van der Waals surface area contributed by atoms with Gasteiger partial charge < -0.3 is 19.8 Å². The Labute approximate surface area is 155 Å². The molecule has 142 valence electrons. The van der Waals surface area contributed by atoms with Gasteiger partial charge in [-0.1, -0.05) is 18.2 Å². The second kappa shape index (κ2) is 9.00. The van der Waals surface area contributed by atoms with E-state index >= 15 is 0 Å². The van der Waals surface area contributed by atoms with Crippen molar-refractivity contribution in [2.45, 2.75) is 26.5 Å². The van der Waals surface area contributed by atoms with Crippen molar-refractivity contribution in [1.82, 2.24) is 15.5 Å². The van der Waals surface area contributed by atoms with Crippen LogP contribution in [0, 0.1) is 0 Å². The fourth-order valence-electron chi connectivity index (χ4n) is 2.65. The summed E-state index contributed by atoms with van der Waals surface area (Å²) in [5.74, 6) is 1.76. The van der Waals surface area contributed by atoms with E-state index in [0.29, 0.717) is 30.1 Å². The number of anilines is 1. The predicted octanol–water partition coefficient (Wildman–Crippen LogP) is 2.17. The van der Waals surface area contributed by atoms with Gasteiger partial charge in [0.25, 0.3) is 5.56 Å². The third-order valence-electron chi connectivity index (χ3n) is 3.95. The molecule has 0 fully saturated rings. The Morgan fingerprint density at radius 2 is 1.93 bits per heavy atom. The van der Waals surface area contributed by atoms with Gasteiger partial charge in [-0.2, -0.15) is 5.10 Å². The summed E-state index contributed by atoms with van der Waals surface area (Å²) in [6, 6.07) is 11.0. The molecule has 0 spiro atoms. The Bertz CT molecular complexity index is 963. The average Bonchev–Trinajstić information content (AvgIpc) is 3.12. The number of benzene rings is 1. The first-order valence-corrected chi connectivity index (χ1v) is 8.76. The van der Waals surface area contributed by atoms with Crippen molar-refractivity contribution in [2.75, 3.05) is 18.4 Å². The maximum Gasteiger partial charge on any atom is 0.303 e. The van der Waals surface area contributed by atoms with Gasteiger partial charge in [0.15, 0.2) is 5.82 Å². The van der Waals surface area contributed by atoms with Crippen LogP contribution in [0.5, 0.6) is 0 Å². The van der Waals surface area contributed by atoms with E-state index in [1.54, 1.807) is 12.1 Å². The highest BCUT2D eigenvalue weighted by molar-refractivity contribution is 5.90. The zero-order valence-corrected chi connectivity index (χ0v) is 15.1. The van der Waals surface area contributed by atoms with Crippen LogP contribution in [0.15, 0.2) is 45.6 Å². The second-order valence-electron chi connectivity index (χ2n) is 6.05. The lowest BCUT2D eigenvalue weighted by Gasteiger charge is -2.08. The number of nitrogens with one attached hydrogen (secondary N) is 3. The summed E-state index contributed by atoms with van der Waals surface area (Å²) >= 11 is 0. The first kappa shape index (κ1) is 18.7. The first-order chi connectivity index (χ1) is 13.1. The SMILES string of the molecule is CC(=O)OCc1ccc(CNCCCNc2n[nH]c(=O)c3ccccc23)o1. The number of carbonyl (C=O) groups excluding carboxylic acids is 1. The lowest BCUT2D eigenvalue weighted by atomic mass is 10.2. The molecule has 3 aromatic rings. The third kappa shape index (κ3) is 5.18. The number of aromatic nitrogens is 2. The molecule has 27 heavy (non-hydrogen) atoms. The van der Waals surface area contributed by atoms with E-state index in [-0.39, 0.29) is 18.1 Å². The van der Waals surface area contributed by atoms with Gasteiger partial charge in [-0.25, -0.2) is 5.10 Å². The van der Waals surface area contributed by atoms with Crippen molar-refractivity contribution in [3.8, 4) is 0 Å². The number of fused-ring (bicyclic) bond motifs is 1. The quantitative estimate of drug-likeness (QED) is 0.391. The van der Waals surface area contributed by atoms with Crippen LogP contribution in [-0.4, -0.2) is 29.3 Å². The Morgan fingerprint density at radius 3 is 2.74 bits per heavy atom. The summed E-state index contributed by atoms with van der Waals surface area (Å²) in [4.78, 5) is 22.6. The Morgan fingerprint density at radius 1 is 1.15 bits per heavy atom. The fraction of sp³-hybridized carbons (Fsp3) is 0.316. The Kier molecular flexibility index (Phi) is 6.22. The average molecular weight is 370 g/mol. The van der Waals surface area contributed by atoms with Crippen LogP contribution in [-0.2, 0) is 22.7 Å². The molecule has 8 heteroatoms. The number of furan rings is 1. The van der Waals surface area contributed by atoms with Crippen LogP contribution in [0.2, 0.25) is 0 Å². The minimum Gasteiger partial charge on any atom is -0.461 e. The molecule has 3 N–H and O–H groups in total. The number of hydrogen-bond acceptors (Lipinski definition) is 7. The molecule has 2 aromatic heterocycles. The number of H-pyrrole nitrogens is 1. The number of aromatic amines is 1. The van der Waals surface area contributed by atoms with Crippen LogP contribution >= 0.6 is 0 Å². The molecule has 0 aliphatic heterocycles. The monoisotopic (exact) mass is 370 g/mol. The Balaban J connectivity index is 1.40. The highest BCUT2D eigenvalue weighted by Crippen LogP contribution is 2.16. The van der Waals surface area contributed by atoms with E-state index in [2.05, 4.69) is 20.8 Å². The van der Waals surface area contributed by atoms with E-state index in [1.165, 1.54) is 6.92 Å². The summed E-state index contributed by atoms with van der Waals surface area (Å²) in [5, 5.41) is 14.6. The van der Waals surface area contributed by atoms with Gasteiger partial charge in [0.2, 0.25) is 0 Å². The molecule has 0 bridgehead atoms. The summed E-state index contributed by atoms with van der Waals surface area (Å²) in [7, 11) is 0. The first-order valence-electron chi connectivity index (χ1n) is 8.76. The molecule has 0 atom stereocenters. The summed E-state index contributed by atoms with van der Waals surface area (Å²) in [6.07, 6.45) is 0.871. The molecule has 0 amide bonds. The van der Waals surface area contributed by atoms with E-state index in [1.807, 2.05) is 24.3 Å². The predicted molar refractivity (Wildman–Crippen MR) is 101 cm³/mol. The van der Waals surface area contributed by atoms with Gasteiger partial charge in [0, 0.05) is 18.9 Å². The summed E-state index contributed by atoms with van der Waals surface area (Å²) < 4.78 is 10.5. The number of rotatable bonds is 9. The second-order valence-corrected chi connectivity index (χ2v) is 6.05. The molecule has 0 aliphatic rings. The van der Waals surface area contributed by atoms with Gasteiger partial charge >= 0.3 is 5.97 Å². The normalized spacial score (nSPS) is 10.9. The van der Waals surface area contributed by atoms with E-state index in [4.69, 9.17) is 9.15 Å². The molecule has 2 heterocycles. The van der Waals surface area contributed by atoms with Crippen molar-refractivity contribution in [2.24, 2.45) is 0 Å². The van der Waals surface area contributed by atoms with E-state index < -0.39 is 0 Å². The molecule has 1 aromatic carbocycles. The molecular weight excluding hydrogens is 348 g/mol. The number of hydrogen-bond donors (Lipinski definition) is 3. The number of nitrogens with zero attached hydrogens (tertiary/aromatic N) is 1. The van der Waals surface area contributed by atoms with Crippen molar-refractivity contribution in [3.05, 3.63) is 58.3 Å². The highest BCUT2D eigenvalue weighted by atomic mass is 16.5. The van der Waals surface area contributed by atoms with Gasteiger partial charge in [0.05, 0.1) is 11.9 Å². The topological polar surface area (TPSA) is 109 Å². The summed E-state index contributed by atoms with van der Waals surface area (Å²) in [6.45, 7) is 3.62. The van der Waals surface area contributed by atoms with Gasteiger partial charge in [-0.3, -0.25) is 9.59 Å². The lowest BCUT2D eigenvalue weighted by molar-refractivity contribution is -0.142. The zero-order chi connectivity index (χ0) is 19.1. The number of esters is 1. The largest absolute Gasteiger partial charge is 0.461 e. The van der Waals surface area contributed by atoms with E-state index in [9.17, 15) is 9.59 Å². The maximum atomic E-state index is 11.8.